The lowest BCUT2D eigenvalue weighted by Gasteiger charge is -2.36. The number of carbonyl (C=O) groups is 2. The van der Waals surface area contributed by atoms with Gasteiger partial charge in [0.25, 0.3) is 11.8 Å². The first-order valence-electron chi connectivity index (χ1n) is 11.2. The third kappa shape index (κ3) is 4.45. The second-order valence-electron chi connectivity index (χ2n) is 8.16. The van der Waals surface area contributed by atoms with Gasteiger partial charge in [0.05, 0.1) is 12.8 Å². The Balaban J connectivity index is 1.25. The standard InChI is InChI=1S/C27H25N3O4/c1-33-22-10-8-21(9-11-22)29-13-15-30(16-14-29)27(32)20-7-12-24-23(18-20)28-26(31)25(34-24)17-19-5-3-2-4-6-19/h2-12,17-18H,13-16H2,1H3,(H,28,31)/b25-17+. The molecule has 1 fully saturated rings. The highest BCUT2D eigenvalue weighted by molar-refractivity contribution is 6.09. The van der Waals surface area contributed by atoms with E-state index >= 15 is 0 Å². The highest BCUT2D eigenvalue weighted by Gasteiger charge is 2.26. The van der Waals surface area contributed by atoms with Crippen molar-refractivity contribution >= 4 is 29.3 Å². The fraction of sp³-hybridized carbons (Fsp3) is 0.185. The van der Waals surface area contributed by atoms with Crippen molar-refractivity contribution in [3.63, 3.8) is 0 Å². The Kier molecular flexibility index (Phi) is 5.91. The van der Waals surface area contributed by atoms with Crippen LogP contribution in [-0.2, 0) is 4.79 Å². The summed E-state index contributed by atoms with van der Waals surface area (Å²) in [6, 6.07) is 22.6. The molecule has 2 aliphatic heterocycles. The third-order valence-electron chi connectivity index (χ3n) is 6.02. The number of ether oxygens (including phenoxy) is 2. The lowest BCUT2D eigenvalue weighted by molar-refractivity contribution is -0.115. The molecule has 3 aromatic carbocycles. The highest BCUT2D eigenvalue weighted by Crippen LogP contribution is 2.33. The first kappa shape index (κ1) is 21.6. The number of nitrogens with zero attached hydrogens (tertiary/aromatic N) is 2. The van der Waals surface area contributed by atoms with E-state index in [1.807, 2.05) is 59.5 Å². The van der Waals surface area contributed by atoms with Crippen LogP contribution in [0, 0.1) is 0 Å². The Morgan fingerprint density at radius 3 is 2.41 bits per heavy atom. The highest BCUT2D eigenvalue weighted by atomic mass is 16.5. The molecular weight excluding hydrogens is 430 g/mol. The normalized spacial score (nSPS) is 16.5. The van der Waals surface area contributed by atoms with E-state index in [4.69, 9.17) is 9.47 Å². The molecule has 1 N–H and O–H groups in total. The summed E-state index contributed by atoms with van der Waals surface area (Å²) in [7, 11) is 1.65. The Hall–Kier alpha value is -4.26. The zero-order valence-corrected chi connectivity index (χ0v) is 18.9. The number of piperazine rings is 1. The van der Waals surface area contributed by atoms with Crippen molar-refractivity contribution in [1.82, 2.24) is 4.90 Å². The maximum Gasteiger partial charge on any atom is 0.291 e. The Bertz CT molecular complexity index is 1230. The van der Waals surface area contributed by atoms with Crippen LogP contribution >= 0.6 is 0 Å². The lowest BCUT2D eigenvalue weighted by atomic mass is 10.1. The monoisotopic (exact) mass is 455 g/mol. The van der Waals surface area contributed by atoms with Gasteiger partial charge in [0.1, 0.15) is 5.75 Å². The number of fused-ring (bicyclic) bond motifs is 1. The molecule has 0 unspecified atom stereocenters. The van der Waals surface area contributed by atoms with E-state index in [-0.39, 0.29) is 17.6 Å². The van der Waals surface area contributed by atoms with Crippen molar-refractivity contribution in [3.8, 4) is 11.5 Å². The smallest absolute Gasteiger partial charge is 0.291 e. The maximum absolute atomic E-state index is 13.1. The first-order valence-corrected chi connectivity index (χ1v) is 11.2. The molecule has 0 aromatic heterocycles. The summed E-state index contributed by atoms with van der Waals surface area (Å²) in [6.45, 7) is 2.73. The fourth-order valence-corrected chi connectivity index (χ4v) is 4.14. The number of hydrogen-bond donors (Lipinski definition) is 1. The predicted molar refractivity (Wildman–Crippen MR) is 131 cm³/mol. The van der Waals surface area contributed by atoms with Crippen LogP contribution in [0.5, 0.6) is 11.5 Å². The van der Waals surface area contributed by atoms with Gasteiger partial charge in [0.15, 0.2) is 11.5 Å². The molecule has 0 radical (unpaired) electrons. The molecule has 0 spiro atoms. The molecule has 2 heterocycles. The number of anilines is 2. The molecule has 0 bridgehead atoms. The summed E-state index contributed by atoms with van der Waals surface area (Å²) in [4.78, 5) is 29.8. The molecule has 34 heavy (non-hydrogen) atoms. The molecule has 5 rings (SSSR count). The first-order chi connectivity index (χ1) is 16.6. The number of carbonyl (C=O) groups excluding carboxylic acids is 2. The zero-order valence-electron chi connectivity index (χ0n) is 18.9. The van der Waals surface area contributed by atoms with Gasteiger partial charge in [0, 0.05) is 37.4 Å². The van der Waals surface area contributed by atoms with E-state index in [9.17, 15) is 9.59 Å². The number of hydrogen-bond acceptors (Lipinski definition) is 5. The average Bonchev–Trinajstić information content (AvgIpc) is 2.89. The van der Waals surface area contributed by atoms with Crippen LogP contribution in [0.25, 0.3) is 6.08 Å². The summed E-state index contributed by atoms with van der Waals surface area (Å²) in [6.07, 6.45) is 1.69. The second-order valence-corrected chi connectivity index (χ2v) is 8.16. The van der Waals surface area contributed by atoms with Gasteiger partial charge >= 0.3 is 0 Å². The third-order valence-corrected chi connectivity index (χ3v) is 6.02. The molecule has 1 saturated heterocycles. The summed E-state index contributed by atoms with van der Waals surface area (Å²) in [5, 5.41) is 2.84. The lowest BCUT2D eigenvalue weighted by Crippen LogP contribution is -2.48. The van der Waals surface area contributed by atoms with E-state index < -0.39 is 0 Å². The zero-order chi connectivity index (χ0) is 23.5. The Morgan fingerprint density at radius 1 is 0.971 bits per heavy atom. The van der Waals surface area contributed by atoms with E-state index in [0.29, 0.717) is 30.1 Å². The van der Waals surface area contributed by atoms with Crippen LogP contribution in [0.2, 0.25) is 0 Å². The van der Waals surface area contributed by atoms with Crippen LogP contribution in [0.15, 0.2) is 78.6 Å². The number of methoxy groups -OCH3 is 1. The second kappa shape index (κ2) is 9.31. The molecule has 3 aromatic rings. The fourth-order valence-electron chi connectivity index (χ4n) is 4.14. The van der Waals surface area contributed by atoms with Crippen LogP contribution < -0.4 is 19.7 Å². The van der Waals surface area contributed by atoms with Gasteiger partial charge in [-0.2, -0.15) is 0 Å². The molecule has 7 heteroatoms. The van der Waals surface area contributed by atoms with Crippen molar-refractivity contribution in [3.05, 3.63) is 89.7 Å². The molecule has 0 atom stereocenters. The number of rotatable bonds is 4. The Morgan fingerprint density at radius 2 is 1.71 bits per heavy atom. The SMILES string of the molecule is COc1ccc(N2CCN(C(=O)c3ccc4c(c3)NC(=O)/C(=C\c3ccccc3)O4)CC2)cc1. The predicted octanol–water partition coefficient (Wildman–Crippen LogP) is 4.03. The van der Waals surface area contributed by atoms with Gasteiger partial charge in [0.2, 0.25) is 0 Å². The summed E-state index contributed by atoms with van der Waals surface area (Å²) < 4.78 is 11.0. The van der Waals surface area contributed by atoms with Gasteiger partial charge in [-0.1, -0.05) is 30.3 Å². The number of amides is 2. The van der Waals surface area contributed by atoms with E-state index in [1.54, 1.807) is 31.4 Å². The molecule has 7 nitrogen and oxygen atoms in total. The van der Waals surface area contributed by atoms with Gasteiger partial charge < -0.3 is 24.6 Å². The van der Waals surface area contributed by atoms with Gasteiger partial charge in [-0.05, 0) is 54.1 Å². The molecular formula is C27H25N3O4. The average molecular weight is 456 g/mol. The van der Waals surface area contributed by atoms with E-state index in [2.05, 4.69) is 10.2 Å². The minimum absolute atomic E-state index is 0.0583. The van der Waals surface area contributed by atoms with Crippen LogP contribution in [-0.4, -0.2) is 50.0 Å². The molecule has 2 amide bonds. The minimum Gasteiger partial charge on any atom is -0.497 e. The number of benzene rings is 3. The van der Waals surface area contributed by atoms with Crippen LogP contribution in [0.3, 0.4) is 0 Å². The summed E-state index contributed by atoms with van der Waals surface area (Å²) in [5.74, 6) is 1.16. The largest absolute Gasteiger partial charge is 0.497 e. The molecule has 2 aliphatic rings. The quantitative estimate of drug-likeness (QED) is 0.602. The topological polar surface area (TPSA) is 71.1 Å². The maximum atomic E-state index is 13.1. The van der Waals surface area contributed by atoms with E-state index in [0.717, 1.165) is 30.1 Å². The summed E-state index contributed by atoms with van der Waals surface area (Å²) >= 11 is 0. The van der Waals surface area contributed by atoms with Crippen molar-refractivity contribution in [1.29, 1.82) is 0 Å². The molecule has 0 saturated carbocycles. The van der Waals surface area contributed by atoms with Gasteiger partial charge in [-0.25, -0.2) is 0 Å². The van der Waals surface area contributed by atoms with Crippen molar-refractivity contribution in [2.75, 3.05) is 43.5 Å². The Labute approximate surface area is 198 Å². The number of nitrogens with one attached hydrogen (secondary N) is 1. The van der Waals surface area contributed by atoms with Crippen molar-refractivity contribution in [2.24, 2.45) is 0 Å². The van der Waals surface area contributed by atoms with Crippen molar-refractivity contribution < 1.29 is 19.1 Å². The van der Waals surface area contributed by atoms with Gasteiger partial charge in [-0.15, -0.1) is 0 Å². The van der Waals surface area contributed by atoms with Gasteiger partial charge in [-0.3, -0.25) is 9.59 Å². The minimum atomic E-state index is -0.339. The van der Waals surface area contributed by atoms with Crippen molar-refractivity contribution in [2.45, 2.75) is 0 Å². The van der Waals surface area contributed by atoms with E-state index in [1.165, 1.54) is 0 Å². The van der Waals surface area contributed by atoms with Crippen LogP contribution in [0.4, 0.5) is 11.4 Å². The summed E-state index contributed by atoms with van der Waals surface area (Å²) in [5.41, 5.74) is 3.01. The van der Waals surface area contributed by atoms with Crippen LogP contribution in [0.1, 0.15) is 15.9 Å². The molecule has 0 aliphatic carbocycles. The molecule has 172 valence electrons.